The first-order valence-electron chi connectivity index (χ1n) is 12.6. The third-order valence-corrected chi connectivity index (χ3v) is 7.51. The molecule has 202 valence electrons. The van der Waals surface area contributed by atoms with Gasteiger partial charge in [-0.05, 0) is 48.9 Å². The molecular formula is C27H33Cl2N7O2. The van der Waals surface area contributed by atoms with Crippen LogP contribution < -0.4 is 25.2 Å². The quantitative estimate of drug-likeness (QED) is 0.356. The Morgan fingerprint density at radius 2 is 1.76 bits per heavy atom. The Bertz CT molecular complexity index is 1240. The second-order valence-electron chi connectivity index (χ2n) is 8.94. The van der Waals surface area contributed by atoms with Crippen LogP contribution in [-0.2, 0) is 6.42 Å². The fourth-order valence-corrected chi connectivity index (χ4v) is 4.95. The summed E-state index contributed by atoms with van der Waals surface area (Å²) in [6.45, 7) is 9.47. The van der Waals surface area contributed by atoms with E-state index in [2.05, 4.69) is 49.5 Å². The van der Waals surface area contributed by atoms with Crippen LogP contribution in [-0.4, -0.2) is 67.8 Å². The van der Waals surface area contributed by atoms with Crippen LogP contribution in [0.4, 0.5) is 33.5 Å². The lowest BCUT2D eigenvalue weighted by atomic mass is 10.1. The van der Waals surface area contributed by atoms with Crippen molar-refractivity contribution in [2.75, 3.05) is 67.3 Å². The maximum absolute atomic E-state index is 13.1. The van der Waals surface area contributed by atoms with Crippen LogP contribution in [0.3, 0.4) is 0 Å². The summed E-state index contributed by atoms with van der Waals surface area (Å²) in [4.78, 5) is 27.9. The number of methoxy groups -OCH3 is 1. The molecule has 38 heavy (non-hydrogen) atoms. The molecule has 0 radical (unpaired) electrons. The number of rotatable bonds is 8. The minimum absolute atomic E-state index is 0.234. The Kier molecular flexibility index (Phi) is 9.14. The number of hydrogen-bond acceptors (Lipinski definition) is 7. The van der Waals surface area contributed by atoms with Crippen LogP contribution in [0, 0.1) is 0 Å². The lowest BCUT2D eigenvalue weighted by Gasteiger charge is -2.35. The molecule has 11 heteroatoms. The van der Waals surface area contributed by atoms with Gasteiger partial charge in [-0.25, -0.2) is 14.8 Å². The van der Waals surface area contributed by atoms with E-state index < -0.39 is 6.03 Å². The van der Waals surface area contributed by atoms with Crippen LogP contribution in [0.25, 0.3) is 0 Å². The zero-order valence-corrected chi connectivity index (χ0v) is 23.6. The molecule has 4 rings (SSSR count). The van der Waals surface area contributed by atoms with Gasteiger partial charge in [0.05, 0.1) is 17.8 Å². The number of aryl methyl sites for hydroxylation is 1. The lowest BCUT2D eigenvalue weighted by Crippen LogP contribution is -2.46. The summed E-state index contributed by atoms with van der Waals surface area (Å²) in [6, 6.07) is 11.3. The molecule has 9 nitrogen and oxygen atoms in total. The number of ether oxygens (including phenoxy) is 1. The molecule has 0 atom stereocenters. The maximum Gasteiger partial charge on any atom is 0.327 e. The van der Waals surface area contributed by atoms with E-state index in [1.165, 1.54) is 24.0 Å². The number of amides is 2. The smallest absolute Gasteiger partial charge is 0.327 e. The van der Waals surface area contributed by atoms with Crippen LogP contribution in [0.2, 0.25) is 10.0 Å². The standard InChI is InChI=1S/C27H33Cl2N7O2/c1-5-18-15-21(38-4)25(29)26(24(18)28)33-27(37)34(3)23-16-22(30-17-31-23)32-19-7-9-20(10-8-19)36-13-11-35(6-2)12-14-36/h7-10,15-17H,5-6,11-14H2,1-4H3,(H,33,37)(H,30,31,32). The highest BCUT2D eigenvalue weighted by molar-refractivity contribution is 6.41. The van der Waals surface area contributed by atoms with Crippen LogP contribution in [0.1, 0.15) is 19.4 Å². The van der Waals surface area contributed by atoms with Gasteiger partial charge in [0, 0.05) is 50.7 Å². The van der Waals surface area contributed by atoms with E-state index in [1.807, 2.05) is 19.1 Å². The highest BCUT2D eigenvalue weighted by Gasteiger charge is 2.21. The molecule has 1 aromatic heterocycles. The second kappa shape index (κ2) is 12.5. The van der Waals surface area contributed by atoms with Gasteiger partial charge in [0.15, 0.2) is 0 Å². The fourth-order valence-electron chi connectivity index (χ4n) is 4.30. The Morgan fingerprint density at radius 3 is 2.39 bits per heavy atom. The van der Waals surface area contributed by atoms with Crippen LogP contribution in [0.5, 0.6) is 5.75 Å². The molecular weight excluding hydrogens is 525 g/mol. The molecule has 1 saturated heterocycles. The predicted molar refractivity (Wildman–Crippen MR) is 156 cm³/mol. The first kappa shape index (κ1) is 27.8. The molecule has 0 unspecified atom stereocenters. The third-order valence-electron chi connectivity index (χ3n) is 6.70. The van der Waals surface area contributed by atoms with E-state index in [4.69, 9.17) is 27.9 Å². The zero-order valence-electron chi connectivity index (χ0n) is 22.1. The summed E-state index contributed by atoms with van der Waals surface area (Å²) >= 11 is 13.0. The van der Waals surface area contributed by atoms with Crippen molar-refractivity contribution in [2.45, 2.75) is 20.3 Å². The lowest BCUT2D eigenvalue weighted by molar-refractivity contribution is 0.258. The maximum atomic E-state index is 13.1. The number of urea groups is 1. The van der Waals surface area contributed by atoms with Gasteiger partial charge in [0.2, 0.25) is 0 Å². The summed E-state index contributed by atoms with van der Waals surface area (Å²) in [6.07, 6.45) is 2.06. The van der Waals surface area contributed by atoms with Crippen molar-refractivity contribution in [3.63, 3.8) is 0 Å². The van der Waals surface area contributed by atoms with Crippen molar-refractivity contribution in [1.82, 2.24) is 14.9 Å². The number of carbonyl (C=O) groups excluding carboxylic acids is 1. The number of hydrogen-bond donors (Lipinski definition) is 2. The Morgan fingerprint density at radius 1 is 1.05 bits per heavy atom. The number of carbonyl (C=O) groups is 1. The molecule has 0 aliphatic carbocycles. The number of halogens is 2. The largest absolute Gasteiger partial charge is 0.495 e. The Balaban J connectivity index is 1.44. The summed E-state index contributed by atoms with van der Waals surface area (Å²) in [5.41, 5.74) is 3.20. The van der Waals surface area contributed by atoms with Crippen molar-refractivity contribution in [3.05, 3.63) is 58.3 Å². The summed E-state index contributed by atoms with van der Waals surface area (Å²) in [5, 5.41) is 6.69. The zero-order chi connectivity index (χ0) is 27.2. The molecule has 0 bridgehead atoms. The van der Waals surface area contributed by atoms with E-state index in [1.54, 1.807) is 19.2 Å². The Labute approximate surface area is 233 Å². The van der Waals surface area contributed by atoms with Gasteiger partial charge in [-0.3, -0.25) is 4.90 Å². The van der Waals surface area contributed by atoms with Crippen LogP contribution in [0.15, 0.2) is 42.7 Å². The highest BCUT2D eigenvalue weighted by Crippen LogP contribution is 2.41. The van der Waals surface area contributed by atoms with Crippen molar-refractivity contribution in [3.8, 4) is 5.75 Å². The first-order valence-corrected chi connectivity index (χ1v) is 13.4. The molecule has 3 aromatic rings. The van der Waals surface area contributed by atoms with E-state index in [0.29, 0.717) is 34.5 Å². The summed E-state index contributed by atoms with van der Waals surface area (Å²) < 4.78 is 5.34. The van der Waals surface area contributed by atoms with Crippen molar-refractivity contribution in [1.29, 1.82) is 0 Å². The van der Waals surface area contributed by atoms with Gasteiger partial charge >= 0.3 is 6.03 Å². The predicted octanol–water partition coefficient (Wildman–Crippen LogP) is 5.91. The summed E-state index contributed by atoms with van der Waals surface area (Å²) in [5.74, 6) is 1.40. The monoisotopic (exact) mass is 557 g/mol. The number of nitrogens with one attached hydrogen (secondary N) is 2. The van der Waals surface area contributed by atoms with Crippen molar-refractivity contribution >= 4 is 57.9 Å². The topological polar surface area (TPSA) is 85.9 Å². The number of likely N-dealkylation sites (N-methyl/N-ethyl adjacent to an activating group) is 1. The molecule has 2 amide bonds. The third kappa shape index (κ3) is 6.23. The van der Waals surface area contributed by atoms with Gasteiger partial charge in [-0.15, -0.1) is 0 Å². The van der Waals surface area contributed by atoms with E-state index in [9.17, 15) is 4.79 Å². The molecule has 1 aliphatic rings. The number of benzene rings is 2. The average Bonchev–Trinajstić information content (AvgIpc) is 2.95. The number of anilines is 5. The summed E-state index contributed by atoms with van der Waals surface area (Å²) in [7, 11) is 3.13. The fraction of sp³-hybridized carbons (Fsp3) is 0.370. The molecule has 2 aromatic carbocycles. The molecule has 0 saturated carbocycles. The van der Waals surface area contributed by atoms with Crippen LogP contribution >= 0.6 is 23.2 Å². The molecule has 0 spiro atoms. The molecule has 1 aliphatic heterocycles. The average molecular weight is 559 g/mol. The van der Waals surface area contributed by atoms with Gasteiger partial charge in [0.1, 0.15) is 28.7 Å². The second-order valence-corrected chi connectivity index (χ2v) is 9.69. The first-order chi connectivity index (χ1) is 18.3. The van der Waals surface area contributed by atoms with Gasteiger partial charge < -0.3 is 25.2 Å². The van der Waals surface area contributed by atoms with E-state index >= 15 is 0 Å². The SMILES string of the molecule is CCc1cc(OC)c(Cl)c(NC(=O)N(C)c2cc(Nc3ccc(N4CCN(CC)CC4)cc3)ncn2)c1Cl. The molecule has 2 N–H and O–H groups in total. The normalized spacial score (nSPS) is 13.8. The van der Waals surface area contributed by atoms with Gasteiger partial charge in [-0.1, -0.05) is 37.0 Å². The minimum Gasteiger partial charge on any atom is -0.495 e. The Hall–Kier alpha value is -3.27. The number of nitrogens with zero attached hydrogens (tertiary/aromatic N) is 5. The van der Waals surface area contributed by atoms with E-state index in [-0.39, 0.29) is 5.02 Å². The molecule has 2 heterocycles. The minimum atomic E-state index is -0.457. The number of aromatic nitrogens is 2. The van der Waals surface area contributed by atoms with Crippen molar-refractivity contribution in [2.24, 2.45) is 0 Å². The highest BCUT2D eigenvalue weighted by atomic mass is 35.5. The van der Waals surface area contributed by atoms with E-state index in [0.717, 1.165) is 44.0 Å². The van der Waals surface area contributed by atoms with Gasteiger partial charge in [-0.2, -0.15) is 0 Å². The van der Waals surface area contributed by atoms with Gasteiger partial charge in [0.25, 0.3) is 0 Å². The molecule has 1 fully saturated rings. The number of piperazine rings is 1. The van der Waals surface area contributed by atoms with Crippen molar-refractivity contribution < 1.29 is 9.53 Å².